The van der Waals surface area contributed by atoms with E-state index in [-0.39, 0.29) is 11.7 Å². The van der Waals surface area contributed by atoms with Crippen molar-refractivity contribution in [3.8, 4) is 0 Å². The van der Waals surface area contributed by atoms with Crippen LogP contribution in [0.4, 0.5) is 14.5 Å². The summed E-state index contributed by atoms with van der Waals surface area (Å²) in [6, 6.07) is 2.84. The van der Waals surface area contributed by atoms with Crippen LogP contribution < -0.4 is 4.90 Å². The lowest BCUT2D eigenvalue weighted by atomic mass is 10.2. The van der Waals surface area contributed by atoms with Crippen molar-refractivity contribution in [3.05, 3.63) is 28.2 Å². The molecule has 1 aromatic rings. The zero-order valence-electron chi connectivity index (χ0n) is 8.43. The highest BCUT2D eigenvalue weighted by Crippen LogP contribution is 2.32. The smallest absolute Gasteiger partial charge is 0.150 e. The summed E-state index contributed by atoms with van der Waals surface area (Å²) >= 11 is 3.07. The number of anilines is 1. The van der Waals surface area contributed by atoms with Crippen LogP contribution in [0.1, 0.15) is 19.8 Å². The summed E-state index contributed by atoms with van der Waals surface area (Å²) in [6.07, 6.45) is 1.99. The molecule has 1 heterocycles. The fraction of sp³-hybridized carbons (Fsp3) is 0.455. The van der Waals surface area contributed by atoms with E-state index < -0.39 is 11.6 Å². The Bertz CT molecular complexity index is 358. The molecule has 1 aliphatic heterocycles. The van der Waals surface area contributed by atoms with Gasteiger partial charge in [0, 0.05) is 17.1 Å². The first kappa shape index (κ1) is 10.9. The summed E-state index contributed by atoms with van der Waals surface area (Å²) in [5.74, 6) is -0.980. The minimum atomic E-state index is -0.490. The third-order valence-electron chi connectivity index (χ3n) is 2.82. The van der Waals surface area contributed by atoms with Crippen molar-refractivity contribution in [2.24, 2.45) is 0 Å². The molecule has 1 saturated heterocycles. The van der Waals surface area contributed by atoms with Gasteiger partial charge in [0.1, 0.15) is 5.69 Å². The maximum atomic E-state index is 13.6. The average molecular weight is 276 g/mol. The quantitative estimate of drug-likeness (QED) is 0.755. The van der Waals surface area contributed by atoms with Crippen LogP contribution in [0, 0.1) is 11.6 Å². The van der Waals surface area contributed by atoms with Gasteiger partial charge in [-0.25, -0.2) is 8.78 Å². The molecule has 1 unspecified atom stereocenters. The molecule has 0 aliphatic carbocycles. The first-order chi connectivity index (χ1) is 7.09. The molecule has 0 aromatic heterocycles. The third kappa shape index (κ3) is 2.00. The number of benzene rings is 1. The highest BCUT2D eigenvalue weighted by Gasteiger charge is 2.26. The van der Waals surface area contributed by atoms with Crippen molar-refractivity contribution in [3.63, 3.8) is 0 Å². The first-order valence-electron chi connectivity index (χ1n) is 5.01. The summed E-state index contributed by atoms with van der Waals surface area (Å²) < 4.78 is 27.7. The number of nitrogens with zero attached hydrogens (tertiary/aromatic N) is 1. The molecular weight excluding hydrogens is 264 g/mol. The van der Waals surface area contributed by atoms with Crippen LogP contribution in [0.2, 0.25) is 0 Å². The van der Waals surface area contributed by atoms with Crippen LogP contribution >= 0.6 is 15.9 Å². The van der Waals surface area contributed by atoms with Gasteiger partial charge in [-0.1, -0.05) is 15.9 Å². The van der Waals surface area contributed by atoms with Crippen LogP contribution in [0.15, 0.2) is 16.6 Å². The van der Waals surface area contributed by atoms with Gasteiger partial charge in [-0.15, -0.1) is 0 Å². The number of rotatable bonds is 1. The van der Waals surface area contributed by atoms with Crippen molar-refractivity contribution >= 4 is 21.6 Å². The lowest BCUT2D eigenvalue weighted by Gasteiger charge is -2.24. The molecule has 1 aliphatic rings. The van der Waals surface area contributed by atoms with Crippen molar-refractivity contribution in [2.45, 2.75) is 25.8 Å². The average Bonchev–Trinajstić information content (AvgIpc) is 2.50. The highest BCUT2D eigenvalue weighted by molar-refractivity contribution is 9.10. The Morgan fingerprint density at radius 2 is 1.93 bits per heavy atom. The predicted octanol–water partition coefficient (Wildman–Crippen LogP) is 3.72. The molecule has 82 valence electrons. The van der Waals surface area contributed by atoms with Gasteiger partial charge < -0.3 is 4.90 Å². The SMILES string of the molecule is CC1CCCN1c1c(F)cc(Br)cc1F. The van der Waals surface area contributed by atoms with Crippen molar-refractivity contribution in [1.29, 1.82) is 0 Å². The molecule has 0 radical (unpaired) electrons. The summed E-state index contributed by atoms with van der Waals surface area (Å²) in [4.78, 5) is 1.80. The Labute approximate surface area is 96.2 Å². The van der Waals surface area contributed by atoms with Crippen LogP contribution in [0.3, 0.4) is 0 Å². The Kier molecular flexibility index (Phi) is 2.96. The normalized spacial score (nSPS) is 21.1. The Balaban J connectivity index is 2.43. The molecule has 15 heavy (non-hydrogen) atoms. The van der Waals surface area contributed by atoms with E-state index >= 15 is 0 Å². The second kappa shape index (κ2) is 4.08. The maximum Gasteiger partial charge on any atom is 0.150 e. The van der Waals surface area contributed by atoms with E-state index in [4.69, 9.17) is 0 Å². The summed E-state index contributed by atoms with van der Waals surface area (Å²) in [5.41, 5.74) is 0.114. The van der Waals surface area contributed by atoms with Gasteiger partial charge in [0.05, 0.1) is 0 Å². The molecule has 1 atom stereocenters. The van der Waals surface area contributed by atoms with Crippen molar-refractivity contribution < 1.29 is 8.78 Å². The molecule has 2 rings (SSSR count). The Hall–Kier alpha value is -0.640. The second-order valence-corrected chi connectivity index (χ2v) is 4.82. The summed E-state index contributed by atoms with van der Waals surface area (Å²) in [7, 11) is 0. The van der Waals surface area contributed by atoms with E-state index in [0.29, 0.717) is 4.47 Å². The van der Waals surface area contributed by atoms with E-state index in [2.05, 4.69) is 15.9 Å². The van der Waals surface area contributed by atoms with Crippen molar-refractivity contribution in [1.82, 2.24) is 0 Å². The minimum absolute atomic E-state index is 0.114. The summed E-state index contributed by atoms with van der Waals surface area (Å²) in [6.45, 7) is 2.73. The number of hydrogen-bond donors (Lipinski definition) is 0. The number of hydrogen-bond acceptors (Lipinski definition) is 1. The molecule has 0 saturated carbocycles. The maximum absolute atomic E-state index is 13.6. The van der Waals surface area contributed by atoms with Gasteiger partial charge in [0.25, 0.3) is 0 Å². The molecule has 0 spiro atoms. The van der Waals surface area contributed by atoms with Gasteiger partial charge in [0.2, 0.25) is 0 Å². The Morgan fingerprint density at radius 1 is 1.33 bits per heavy atom. The second-order valence-electron chi connectivity index (χ2n) is 3.90. The van der Waals surface area contributed by atoms with Crippen LogP contribution in [-0.4, -0.2) is 12.6 Å². The van der Waals surface area contributed by atoms with E-state index in [0.717, 1.165) is 19.4 Å². The molecule has 0 amide bonds. The van der Waals surface area contributed by atoms with Crippen LogP contribution in [-0.2, 0) is 0 Å². The lowest BCUT2D eigenvalue weighted by molar-refractivity contribution is 0.566. The van der Waals surface area contributed by atoms with E-state index in [1.807, 2.05) is 6.92 Å². The largest absolute Gasteiger partial charge is 0.364 e. The topological polar surface area (TPSA) is 3.24 Å². The standard InChI is InChI=1S/C11H12BrF2N/c1-7-3-2-4-15(7)11-9(13)5-8(12)6-10(11)14/h5-7H,2-4H2,1H3. The van der Waals surface area contributed by atoms with Gasteiger partial charge >= 0.3 is 0 Å². The minimum Gasteiger partial charge on any atom is -0.364 e. The number of halogens is 3. The van der Waals surface area contributed by atoms with E-state index in [1.165, 1.54) is 12.1 Å². The third-order valence-corrected chi connectivity index (χ3v) is 3.28. The van der Waals surface area contributed by atoms with Crippen LogP contribution in [0.25, 0.3) is 0 Å². The molecule has 1 fully saturated rings. The highest BCUT2D eigenvalue weighted by atomic mass is 79.9. The van der Waals surface area contributed by atoms with Gasteiger partial charge in [-0.05, 0) is 31.9 Å². The molecular formula is C11H12BrF2N. The van der Waals surface area contributed by atoms with E-state index in [1.54, 1.807) is 4.90 Å². The zero-order chi connectivity index (χ0) is 11.0. The van der Waals surface area contributed by atoms with E-state index in [9.17, 15) is 8.78 Å². The fourth-order valence-electron chi connectivity index (χ4n) is 2.07. The van der Waals surface area contributed by atoms with Crippen LogP contribution in [0.5, 0.6) is 0 Å². The lowest BCUT2D eigenvalue weighted by Crippen LogP contribution is -2.28. The first-order valence-corrected chi connectivity index (χ1v) is 5.80. The summed E-state index contributed by atoms with van der Waals surface area (Å²) in [5, 5.41) is 0. The predicted molar refractivity (Wildman–Crippen MR) is 60.1 cm³/mol. The van der Waals surface area contributed by atoms with Crippen molar-refractivity contribution in [2.75, 3.05) is 11.4 Å². The van der Waals surface area contributed by atoms with Gasteiger partial charge in [-0.3, -0.25) is 0 Å². The zero-order valence-corrected chi connectivity index (χ0v) is 10.0. The molecule has 1 aromatic carbocycles. The van der Waals surface area contributed by atoms with Gasteiger partial charge in [-0.2, -0.15) is 0 Å². The molecule has 4 heteroatoms. The fourth-order valence-corrected chi connectivity index (χ4v) is 2.48. The van der Waals surface area contributed by atoms with Gasteiger partial charge in [0.15, 0.2) is 11.6 Å². The molecule has 0 bridgehead atoms. The monoisotopic (exact) mass is 275 g/mol. The molecule has 1 nitrogen and oxygen atoms in total. The Morgan fingerprint density at radius 3 is 2.40 bits per heavy atom. The molecule has 0 N–H and O–H groups in total.